The normalized spacial score (nSPS) is 32.6. The van der Waals surface area contributed by atoms with Gasteiger partial charge in [-0.15, -0.1) is 0 Å². The second kappa shape index (κ2) is 5.28. The molecule has 1 aliphatic rings. The van der Waals surface area contributed by atoms with Gasteiger partial charge in [0.2, 0.25) is 0 Å². The van der Waals surface area contributed by atoms with Crippen molar-refractivity contribution >= 4 is 0 Å². The number of nitrogens with two attached hydrogens (primary N) is 1. The highest BCUT2D eigenvalue weighted by molar-refractivity contribution is 4.93. The Bertz CT molecular complexity index is 181. The monoisotopic (exact) mass is 213 g/mol. The van der Waals surface area contributed by atoms with Crippen LogP contribution in [0, 0.1) is 11.8 Å². The molecule has 0 radical (unpaired) electrons. The molecule has 3 heteroatoms. The lowest BCUT2D eigenvalue weighted by Crippen LogP contribution is -2.58. The van der Waals surface area contributed by atoms with Gasteiger partial charge < -0.3 is 5.73 Å². The van der Waals surface area contributed by atoms with Gasteiger partial charge >= 0.3 is 0 Å². The van der Waals surface area contributed by atoms with Crippen LogP contribution < -0.4 is 11.2 Å². The quantitative estimate of drug-likeness (QED) is 0.697. The molecule has 0 aromatic rings. The molecule has 0 bridgehead atoms. The lowest BCUT2D eigenvalue weighted by molar-refractivity contribution is 0.0931. The van der Waals surface area contributed by atoms with Crippen LogP contribution in [0.3, 0.4) is 0 Å². The van der Waals surface area contributed by atoms with Gasteiger partial charge in [0.25, 0.3) is 0 Å². The molecule has 3 nitrogen and oxygen atoms in total. The summed E-state index contributed by atoms with van der Waals surface area (Å²) >= 11 is 0. The number of nitrogens with one attached hydrogen (secondary N) is 1. The second-order valence-corrected chi connectivity index (χ2v) is 5.57. The fourth-order valence-corrected chi connectivity index (χ4v) is 2.70. The average molecular weight is 213 g/mol. The fraction of sp³-hybridized carbons (Fsp3) is 1.00. The summed E-state index contributed by atoms with van der Waals surface area (Å²) in [5, 5.41) is 2.04. The zero-order valence-electron chi connectivity index (χ0n) is 10.7. The molecule has 1 aliphatic carbocycles. The minimum atomic E-state index is 0.162. The first kappa shape index (κ1) is 12.9. The van der Waals surface area contributed by atoms with E-state index >= 15 is 0 Å². The standard InChI is InChI=1S/C12H27N3/c1-10(2)11-5-7-12(9-13,8-6-11)14-15(3)4/h10-11,14H,5-9,13H2,1-4H3. The van der Waals surface area contributed by atoms with Crippen molar-refractivity contribution in [3.8, 4) is 0 Å². The first-order valence-electron chi connectivity index (χ1n) is 6.14. The summed E-state index contributed by atoms with van der Waals surface area (Å²) in [4.78, 5) is 0. The van der Waals surface area contributed by atoms with Gasteiger partial charge in [-0.3, -0.25) is 5.01 Å². The number of hydrogen-bond donors (Lipinski definition) is 2. The highest BCUT2D eigenvalue weighted by Crippen LogP contribution is 2.35. The molecule has 3 N–H and O–H groups in total. The summed E-state index contributed by atoms with van der Waals surface area (Å²) < 4.78 is 0. The zero-order valence-corrected chi connectivity index (χ0v) is 10.7. The van der Waals surface area contributed by atoms with Crippen molar-refractivity contribution in [2.45, 2.75) is 45.1 Å². The first-order chi connectivity index (χ1) is 6.99. The minimum absolute atomic E-state index is 0.162. The van der Waals surface area contributed by atoms with E-state index in [0.717, 1.165) is 18.4 Å². The van der Waals surface area contributed by atoms with Crippen LogP contribution in [0.4, 0.5) is 0 Å². The van der Waals surface area contributed by atoms with Crippen molar-refractivity contribution in [1.82, 2.24) is 10.4 Å². The second-order valence-electron chi connectivity index (χ2n) is 5.57. The van der Waals surface area contributed by atoms with Gasteiger partial charge in [-0.05, 0) is 37.5 Å². The maximum atomic E-state index is 5.92. The maximum Gasteiger partial charge on any atom is 0.0448 e. The van der Waals surface area contributed by atoms with Crippen LogP contribution in [-0.4, -0.2) is 31.2 Å². The van der Waals surface area contributed by atoms with Gasteiger partial charge in [0.05, 0.1) is 0 Å². The Balaban J connectivity index is 2.50. The highest BCUT2D eigenvalue weighted by atomic mass is 15.5. The Morgan fingerprint density at radius 1 is 1.33 bits per heavy atom. The third-order valence-electron chi connectivity index (χ3n) is 3.78. The SMILES string of the molecule is CC(C)C1CCC(CN)(NN(C)C)CC1. The van der Waals surface area contributed by atoms with Crippen LogP contribution in [0.5, 0.6) is 0 Å². The van der Waals surface area contributed by atoms with Crippen LogP contribution in [0.2, 0.25) is 0 Å². The molecule has 1 rings (SSSR count). The molecule has 1 fully saturated rings. The zero-order chi connectivity index (χ0) is 11.5. The van der Waals surface area contributed by atoms with Gasteiger partial charge in [-0.25, -0.2) is 5.43 Å². The van der Waals surface area contributed by atoms with Crippen LogP contribution in [-0.2, 0) is 0 Å². The van der Waals surface area contributed by atoms with Gasteiger partial charge in [0, 0.05) is 26.2 Å². The van der Waals surface area contributed by atoms with Crippen molar-refractivity contribution < 1.29 is 0 Å². The van der Waals surface area contributed by atoms with E-state index in [-0.39, 0.29) is 5.54 Å². The van der Waals surface area contributed by atoms with Crippen molar-refractivity contribution in [1.29, 1.82) is 0 Å². The molecule has 0 aromatic carbocycles. The Morgan fingerprint density at radius 2 is 1.87 bits per heavy atom. The fourth-order valence-electron chi connectivity index (χ4n) is 2.70. The van der Waals surface area contributed by atoms with E-state index in [0.29, 0.717) is 0 Å². The van der Waals surface area contributed by atoms with Crippen LogP contribution in [0.15, 0.2) is 0 Å². The lowest BCUT2D eigenvalue weighted by atomic mass is 9.73. The molecule has 0 aliphatic heterocycles. The van der Waals surface area contributed by atoms with Gasteiger partial charge in [-0.2, -0.15) is 0 Å². The first-order valence-corrected chi connectivity index (χ1v) is 6.14. The maximum absolute atomic E-state index is 5.92. The molecule has 1 saturated carbocycles. The van der Waals surface area contributed by atoms with Crippen LogP contribution in [0.1, 0.15) is 39.5 Å². The molecule has 0 aromatic heterocycles. The van der Waals surface area contributed by atoms with E-state index in [1.54, 1.807) is 0 Å². The van der Waals surface area contributed by atoms with Crippen LogP contribution in [0.25, 0.3) is 0 Å². The molecule has 0 saturated heterocycles. The van der Waals surface area contributed by atoms with Crippen LogP contribution >= 0.6 is 0 Å². The third-order valence-corrected chi connectivity index (χ3v) is 3.78. The molecular weight excluding hydrogens is 186 g/mol. The van der Waals surface area contributed by atoms with Gasteiger partial charge in [-0.1, -0.05) is 13.8 Å². The molecule has 15 heavy (non-hydrogen) atoms. The summed E-state index contributed by atoms with van der Waals surface area (Å²) in [6.07, 6.45) is 5.06. The van der Waals surface area contributed by atoms with E-state index in [1.807, 2.05) is 19.1 Å². The summed E-state index contributed by atoms with van der Waals surface area (Å²) in [6, 6.07) is 0. The van der Waals surface area contributed by atoms with E-state index in [2.05, 4.69) is 19.3 Å². The lowest BCUT2D eigenvalue weighted by Gasteiger charge is -2.43. The number of hydrogen-bond acceptors (Lipinski definition) is 3. The Hall–Kier alpha value is -0.120. The largest absolute Gasteiger partial charge is 0.329 e. The number of nitrogens with zero attached hydrogens (tertiary/aromatic N) is 1. The number of hydrazine groups is 1. The Morgan fingerprint density at radius 3 is 2.20 bits per heavy atom. The molecular formula is C12H27N3. The van der Waals surface area contributed by atoms with E-state index in [9.17, 15) is 0 Å². The van der Waals surface area contributed by atoms with Crippen molar-refractivity contribution in [2.75, 3.05) is 20.6 Å². The number of rotatable bonds is 4. The summed E-state index contributed by atoms with van der Waals surface area (Å²) in [7, 11) is 4.10. The van der Waals surface area contributed by atoms with Crippen molar-refractivity contribution in [3.63, 3.8) is 0 Å². The average Bonchev–Trinajstić information content (AvgIpc) is 2.17. The van der Waals surface area contributed by atoms with Gasteiger partial charge in [0.15, 0.2) is 0 Å². The molecule has 0 amide bonds. The topological polar surface area (TPSA) is 41.3 Å². The smallest absolute Gasteiger partial charge is 0.0448 e. The Kier molecular flexibility index (Phi) is 4.56. The van der Waals surface area contributed by atoms with E-state index < -0.39 is 0 Å². The molecule has 0 heterocycles. The third kappa shape index (κ3) is 3.44. The summed E-state index contributed by atoms with van der Waals surface area (Å²) in [5.74, 6) is 1.72. The predicted molar refractivity (Wildman–Crippen MR) is 65.4 cm³/mol. The summed E-state index contributed by atoms with van der Waals surface area (Å²) in [6.45, 7) is 5.41. The minimum Gasteiger partial charge on any atom is -0.329 e. The van der Waals surface area contributed by atoms with Crippen molar-refractivity contribution in [2.24, 2.45) is 17.6 Å². The van der Waals surface area contributed by atoms with E-state index in [4.69, 9.17) is 5.73 Å². The molecule has 0 spiro atoms. The highest BCUT2D eigenvalue weighted by Gasteiger charge is 2.35. The molecule has 90 valence electrons. The molecule has 0 atom stereocenters. The molecule has 0 unspecified atom stereocenters. The summed E-state index contributed by atoms with van der Waals surface area (Å²) in [5.41, 5.74) is 9.59. The Labute approximate surface area is 94.4 Å². The van der Waals surface area contributed by atoms with E-state index in [1.165, 1.54) is 25.7 Å². The van der Waals surface area contributed by atoms with Crippen molar-refractivity contribution in [3.05, 3.63) is 0 Å². The van der Waals surface area contributed by atoms with Gasteiger partial charge in [0.1, 0.15) is 0 Å². The predicted octanol–water partition coefficient (Wildman–Crippen LogP) is 1.60.